The second-order valence-corrected chi connectivity index (χ2v) is 5.90. The number of methoxy groups -OCH3 is 1. The van der Waals surface area contributed by atoms with Gasteiger partial charge < -0.3 is 10.1 Å². The van der Waals surface area contributed by atoms with E-state index in [-0.39, 0.29) is 11.9 Å². The van der Waals surface area contributed by atoms with Crippen LogP contribution in [-0.4, -0.2) is 19.4 Å². The zero-order valence-electron chi connectivity index (χ0n) is 12.3. The lowest BCUT2D eigenvalue weighted by Crippen LogP contribution is -2.21. The molecule has 0 amide bonds. The van der Waals surface area contributed by atoms with Crippen LogP contribution in [0.4, 0.5) is 4.39 Å². The molecule has 0 aromatic heterocycles. The van der Waals surface area contributed by atoms with Gasteiger partial charge >= 0.3 is 0 Å². The van der Waals surface area contributed by atoms with Crippen molar-refractivity contribution in [1.29, 1.82) is 0 Å². The highest BCUT2D eigenvalue weighted by atomic mass is 32.2. The van der Waals surface area contributed by atoms with Crippen LogP contribution in [0, 0.1) is 5.82 Å². The molecule has 1 unspecified atom stereocenters. The molecule has 0 saturated carbocycles. The largest absolute Gasteiger partial charge is 0.494 e. The van der Waals surface area contributed by atoms with Crippen molar-refractivity contribution in [3.05, 3.63) is 59.9 Å². The number of nitrogens with one attached hydrogen (secondary N) is 1. The molecule has 2 rings (SSSR count). The van der Waals surface area contributed by atoms with Crippen LogP contribution in [0.3, 0.4) is 0 Å². The van der Waals surface area contributed by atoms with E-state index in [9.17, 15) is 4.39 Å². The van der Waals surface area contributed by atoms with E-state index in [2.05, 4.69) is 24.4 Å². The Hall–Kier alpha value is -1.52. The number of benzene rings is 2. The van der Waals surface area contributed by atoms with Gasteiger partial charge in [-0.25, -0.2) is 4.39 Å². The van der Waals surface area contributed by atoms with Crippen molar-refractivity contribution in [2.45, 2.75) is 17.9 Å². The number of ether oxygens (including phenoxy) is 1. The smallest absolute Gasteiger partial charge is 0.165 e. The van der Waals surface area contributed by atoms with Gasteiger partial charge in [0.2, 0.25) is 0 Å². The summed E-state index contributed by atoms with van der Waals surface area (Å²) in [5.41, 5.74) is 1.03. The SMILES string of the molecule is COc1cc(C(C)NCCSc2ccccc2)ccc1F. The molecular formula is C17H20FNOS. The summed E-state index contributed by atoms with van der Waals surface area (Å²) >= 11 is 1.82. The third-order valence-corrected chi connectivity index (χ3v) is 4.25. The minimum absolute atomic E-state index is 0.163. The molecule has 2 aromatic carbocycles. The molecule has 0 saturated heterocycles. The van der Waals surface area contributed by atoms with Gasteiger partial charge in [-0.1, -0.05) is 24.3 Å². The quantitative estimate of drug-likeness (QED) is 0.609. The second-order valence-electron chi connectivity index (χ2n) is 4.73. The summed E-state index contributed by atoms with van der Waals surface area (Å²) in [6.45, 7) is 2.96. The van der Waals surface area contributed by atoms with E-state index < -0.39 is 0 Å². The average Bonchev–Trinajstić information content (AvgIpc) is 2.53. The van der Waals surface area contributed by atoms with Gasteiger partial charge in [-0.05, 0) is 36.8 Å². The van der Waals surface area contributed by atoms with Crippen LogP contribution in [0.25, 0.3) is 0 Å². The first-order valence-corrected chi connectivity index (χ1v) is 7.94. The first kappa shape index (κ1) is 15.9. The highest BCUT2D eigenvalue weighted by molar-refractivity contribution is 7.99. The van der Waals surface area contributed by atoms with Gasteiger partial charge in [0.15, 0.2) is 11.6 Å². The predicted octanol–water partition coefficient (Wildman–Crippen LogP) is 4.28. The molecule has 0 aliphatic rings. The van der Waals surface area contributed by atoms with E-state index in [1.807, 2.05) is 30.0 Å². The third kappa shape index (κ3) is 4.76. The van der Waals surface area contributed by atoms with Crippen LogP contribution in [-0.2, 0) is 0 Å². The minimum atomic E-state index is -0.326. The maximum absolute atomic E-state index is 13.4. The van der Waals surface area contributed by atoms with Crippen LogP contribution in [0.2, 0.25) is 0 Å². The number of halogens is 1. The van der Waals surface area contributed by atoms with Crippen molar-refractivity contribution >= 4 is 11.8 Å². The van der Waals surface area contributed by atoms with Gasteiger partial charge in [0.05, 0.1) is 7.11 Å². The molecule has 2 nitrogen and oxygen atoms in total. The number of thioether (sulfide) groups is 1. The Morgan fingerprint density at radius 1 is 1.19 bits per heavy atom. The molecule has 0 fully saturated rings. The minimum Gasteiger partial charge on any atom is -0.494 e. The third-order valence-electron chi connectivity index (χ3n) is 3.24. The molecule has 0 bridgehead atoms. The Balaban J connectivity index is 1.80. The zero-order valence-corrected chi connectivity index (χ0v) is 13.1. The lowest BCUT2D eigenvalue weighted by atomic mass is 10.1. The van der Waals surface area contributed by atoms with Crippen LogP contribution in [0.5, 0.6) is 5.75 Å². The molecule has 112 valence electrons. The standard InChI is InChI=1S/C17H20FNOS/c1-13(14-8-9-16(18)17(12-14)20-2)19-10-11-21-15-6-4-3-5-7-15/h3-9,12-13,19H,10-11H2,1-2H3. The Bertz CT molecular complexity index is 562. The Morgan fingerprint density at radius 3 is 2.67 bits per heavy atom. The fourth-order valence-electron chi connectivity index (χ4n) is 2.02. The van der Waals surface area contributed by atoms with Gasteiger partial charge in [0, 0.05) is 23.2 Å². The van der Waals surface area contributed by atoms with Crippen LogP contribution >= 0.6 is 11.8 Å². The maximum atomic E-state index is 13.4. The summed E-state index contributed by atoms with van der Waals surface area (Å²) in [5, 5.41) is 3.44. The molecule has 21 heavy (non-hydrogen) atoms. The van der Waals surface area contributed by atoms with E-state index in [1.165, 1.54) is 18.1 Å². The molecular weight excluding hydrogens is 285 g/mol. The Labute approximate surface area is 129 Å². The monoisotopic (exact) mass is 305 g/mol. The maximum Gasteiger partial charge on any atom is 0.165 e. The lowest BCUT2D eigenvalue weighted by Gasteiger charge is -2.15. The Kier molecular flexibility index (Phi) is 6.08. The normalized spacial score (nSPS) is 12.1. The molecule has 0 heterocycles. The van der Waals surface area contributed by atoms with Gasteiger partial charge in [0.25, 0.3) is 0 Å². The zero-order chi connectivity index (χ0) is 15.1. The Morgan fingerprint density at radius 2 is 1.95 bits per heavy atom. The van der Waals surface area contributed by atoms with Gasteiger partial charge in [-0.3, -0.25) is 0 Å². The van der Waals surface area contributed by atoms with Gasteiger partial charge in [-0.15, -0.1) is 11.8 Å². The topological polar surface area (TPSA) is 21.3 Å². The van der Waals surface area contributed by atoms with Crippen molar-refractivity contribution in [1.82, 2.24) is 5.32 Å². The highest BCUT2D eigenvalue weighted by Crippen LogP contribution is 2.22. The van der Waals surface area contributed by atoms with Crippen molar-refractivity contribution in [3.63, 3.8) is 0 Å². The molecule has 1 N–H and O–H groups in total. The van der Waals surface area contributed by atoms with Crippen molar-refractivity contribution in [3.8, 4) is 5.75 Å². The van der Waals surface area contributed by atoms with Crippen LogP contribution in [0.15, 0.2) is 53.4 Å². The predicted molar refractivity (Wildman–Crippen MR) is 86.5 cm³/mol. The van der Waals surface area contributed by atoms with Gasteiger partial charge in [-0.2, -0.15) is 0 Å². The number of hydrogen-bond acceptors (Lipinski definition) is 3. The molecule has 0 radical (unpaired) electrons. The van der Waals surface area contributed by atoms with E-state index in [0.717, 1.165) is 17.9 Å². The summed E-state index contributed by atoms with van der Waals surface area (Å²) in [6, 6.07) is 15.5. The fourth-order valence-corrected chi connectivity index (χ4v) is 2.83. The fraction of sp³-hybridized carbons (Fsp3) is 0.294. The highest BCUT2D eigenvalue weighted by Gasteiger charge is 2.09. The molecule has 0 spiro atoms. The summed E-state index contributed by atoms with van der Waals surface area (Å²) < 4.78 is 18.4. The molecule has 1 atom stereocenters. The summed E-state index contributed by atoms with van der Waals surface area (Å²) in [6.07, 6.45) is 0. The average molecular weight is 305 g/mol. The van der Waals surface area contributed by atoms with Gasteiger partial charge in [0.1, 0.15) is 0 Å². The molecule has 2 aromatic rings. The summed E-state index contributed by atoms with van der Waals surface area (Å²) in [7, 11) is 1.48. The first-order valence-electron chi connectivity index (χ1n) is 6.95. The lowest BCUT2D eigenvalue weighted by molar-refractivity contribution is 0.385. The van der Waals surface area contributed by atoms with Crippen LogP contribution in [0.1, 0.15) is 18.5 Å². The van der Waals surface area contributed by atoms with Crippen molar-refractivity contribution in [2.75, 3.05) is 19.4 Å². The number of rotatable bonds is 7. The molecule has 4 heteroatoms. The first-order chi connectivity index (χ1) is 10.2. The van der Waals surface area contributed by atoms with E-state index in [4.69, 9.17) is 4.74 Å². The summed E-state index contributed by atoms with van der Waals surface area (Å²) in [5.74, 6) is 0.958. The van der Waals surface area contributed by atoms with Crippen molar-refractivity contribution in [2.24, 2.45) is 0 Å². The number of hydrogen-bond donors (Lipinski definition) is 1. The molecule has 0 aliphatic carbocycles. The summed E-state index contributed by atoms with van der Waals surface area (Å²) in [4.78, 5) is 1.27. The van der Waals surface area contributed by atoms with E-state index in [1.54, 1.807) is 12.1 Å². The van der Waals surface area contributed by atoms with E-state index >= 15 is 0 Å². The van der Waals surface area contributed by atoms with E-state index in [0.29, 0.717) is 5.75 Å². The van der Waals surface area contributed by atoms with Crippen molar-refractivity contribution < 1.29 is 9.13 Å². The second kappa shape index (κ2) is 8.05. The molecule has 0 aliphatic heterocycles. The van der Waals surface area contributed by atoms with Crippen LogP contribution < -0.4 is 10.1 Å².